The quantitative estimate of drug-likeness (QED) is 0.299. The van der Waals surface area contributed by atoms with E-state index in [4.69, 9.17) is 21.4 Å². The molecule has 0 aliphatic carbocycles. The predicted octanol–water partition coefficient (Wildman–Crippen LogP) is 5.71. The SMILES string of the molecule is CC(c1ccc(Oc2ccc(F)c(C(=O)O)c2)cc1Cl)C(O)(c1ccc2c(c1)n(C)c(=O)n2C)C(F)(F)F. The van der Waals surface area contributed by atoms with Crippen LogP contribution >= 0.6 is 11.6 Å². The Kier molecular flexibility index (Phi) is 6.79. The van der Waals surface area contributed by atoms with Crippen molar-refractivity contribution in [1.82, 2.24) is 9.13 Å². The van der Waals surface area contributed by atoms with E-state index in [1.807, 2.05) is 0 Å². The van der Waals surface area contributed by atoms with Crippen LogP contribution < -0.4 is 10.4 Å². The van der Waals surface area contributed by atoms with Crippen LogP contribution in [0.2, 0.25) is 5.02 Å². The summed E-state index contributed by atoms with van der Waals surface area (Å²) in [6.45, 7) is 1.17. The Bertz CT molecular complexity index is 1630. The summed E-state index contributed by atoms with van der Waals surface area (Å²) < 4.78 is 65.1. The average molecular weight is 553 g/mol. The molecule has 1 heterocycles. The predicted molar refractivity (Wildman–Crippen MR) is 131 cm³/mol. The van der Waals surface area contributed by atoms with Gasteiger partial charge in [-0.15, -0.1) is 0 Å². The van der Waals surface area contributed by atoms with Crippen molar-refractivity contribution in [2.24, 2.45) is 14.1 Å². The van der Waals surface area contributed by atoms with Crippen LogP contribution in [0, 0.1) is 5.82 Å². The molecule has 0 fully saturated rings. The van der Waals surface area contributed by atoms with Gasteiger partial charge in [0.25, 0.3) is 0 Å². The molecule has 2 unspecified atom stereocenters. The van der Waals surface area contributed by atoms with Gasteiger partial charge in [-0.2, -0.15) is 13.2 Å². The molecule has 0 aliphatic heterocycles. The smallest absolute Gasteiger partial charge is 0.422 e. The second-order valence-electron chi connectivity index (χ2n) is 8.82. The monoisotopic (exact) mass is 552 g/mol. The van der Waals surface area contributed by atoms with Crippen LogP contribution in [0.15, 0.2) is 59.4 Å². The van der Waals surface area contributed by atoms with Crippen LogP contribution in [0.1, 0.15) is 34.3 Å². The number of aryl methyl sites for hydroxylation is 2. The number of hydrogen-bond donors (Lipinski definition) is 2. The minimum Gasteiger partial charge on any atom is -0.478 e. The molecule has 4 rings (SSSR count). The topological polar surface area (TPSA) is 93.7 Å². The molecule has 0 aliphatic rings. The van der Waals surface area contributed by atoms with Crippen LogP contribution in [0.5, 0.6) is 11.5 Å². The van der Waals surface area contributed by atoms with Crippen molar-refractivity contribution in [2.45, 2.75) is 24.6 Å². The standard InChI is InChI=1S/C26H21ClF4N2O5/c1-13(17-7-5-16(12-19(17)27)38-15-6-8-20(28)18(11-15)23(34)35)25(37,26(29,30)31)14-4-9-21-22(10-14)33(3)24(36)32(21)2/h4-13,37H,1-3H3,(H,34,35). The van der Waals surface area contributed by atoms with E-state index < -0.39 is 46.3 Å². The fraction of sp³-hybridized carbons (Fsp3) is 0.231. The van der Waals surface area contributed by atoms with E-state index in [1.54, 1.807) is 0 Å². The van der Waals surface area contributed by atoms with Crippen molar-refractivity contribution in [3.63, 3.8) is 0 Å². The van der Waals surface area contributed by atoms with Crippen molar-refractivity contribution >= 4 is 28.6 Å². The number of benzene rings is 3. The first kappa shape index (κ1) is 27.2. The summed E-state index contributed by atoms with van der Waals surface area (Å²) in [5.74, 6) is -4.06. The van der Waals surface area contributed by atoms with E-state index in [-0.39, 0.29) is 27.6 Å². The van der Waals surface area contributed by atoms with Crippen LogP contribution in [0.4, 0.5) is 17.6 Å². The highest BCUT2D eigenvalue weighted by molar-refractivity contribution is 6.31. The zero-order valence-electron chi connectivity index (χ0n) is 20.2. The Morgan fingerprint density at radius 2 is 1.58 bits per heavy atom. The first-order valence-corrected chi connectivity index (χ1v) is 11.5. The molecule has 0 saturated carbocycles. The third-order valence-electron chi connectivity index (χ3n) is 6.61. The maximum absolute atomic E-state index is 14.5. The van der Waals surface area contributed by atoms with Gasteiger partial charge >= 0.3 is 17.8 Å². The van der Waals surface area contributed by atoms with Gasteiger partial charge in [-0.3, -0.25) is 9.13 Å². The number of hydrogen-bond acceptors (Lipinski definition) is 4. The molecular weight excluding hydrogens is 532 g/mol. The Hall–Kier alpha value is -3.83. The lowest BCUT2D eigenvalue weighted by atomic mass is 9.77. The molecule has 0 amide bonds. The van der Waals surface area contributed by atoms with Crippen LogP contribution in [-0.2, 0) is 19.7 Å². The molecule has 12 heteroatoms. The normalized spacial score (nSPS) is 14.3. The lowest BCUT2D eigenvalue weighted by molar-refractivity contribution is -0.274. The molecular formula is C26H21ClF4N2O5. The van der Waals surface area contributed by atoms with Gasteiger partial charge < -0.3 is 14.9 Å². The summed E-state index contributed by atoms with van der Waals surface area (Å²) >= 11 is 6.32. The number of alkyl halides is 3. The number of rotatable bonds is 6. The molecule has 4 aromatic rings. The molecule has 0 saturated heterocycles. The second-order valence-corrected chi connectivity index (χ2v) is 9.23. The van der Waals surface area contributed by atoms with Crippen molar-refractivity contribution in [3.05, 3.63) is 92.6 Å². The molecule has 200 valence electrons. The number of carboxylic acids is 1. The zero-order valence-corrected chi connectivity index (χ0v) is 20.9. The minimum atomic E-state index is -5.13. The molecule has 0 spiro atoms. The highest BCUT2D eigenvalue weighted by Crippen LogP contribution is 2.50. The number of imidazole rings is 1. The maximum Gasteiger partial charge on any atom is 0.422 e. The van der Waals surface area contributed by atoms with Crippen molar-refractivity contribution in [2.75, 3.05) is 0 Å². The highest BCUT2D eigenvalue weighted by Gasteiger charge is 2.59. The zero-order chi connectivity index (χ0) is 28.2. The second kappa shape index (κ2) is 9.48. The number of aromatic carboxylic acids is 1. The maximum atomic E-state index is 14.5. The summed E-state index contributed by atoms with van der Waals surface area (Å²) in [6, 6.07) is 10.4. The number of halogens is 5. The highest BCUT2D eigenvalue weighted by atomic mass is 35.5. The number of carbonyl (C=O) groups is 1. The van der Waals surface area contributed by atoms with Gasteiger partial charge in [0.05, 0.1) is 16.6 Å². The van der Waals surface area contributed by atoms with E-state index in [1.165, 1.54) is 60.5 Å². The fourth-order valence-electron chi connectivity index (χ4n) is 4.42. The van der Waals surface area contributed by atoms with Crippen molar-refractivity contribution in [3.8, 4) is 11.5 Å². The van der Waals surface area contributed by atoms with Gasteiger partial charge in [-0.05, 0) is 53.6 Å². The lowest BCUT2D eigenvalue weighted by Gasteiger charge is -2.37. The number of aliphatic hydroxyl groups is 1. The largest absolute Gasteiger partial charge is 0.478 e. The first-order valence-electron chi connectivity index (χ1n) is 11.1. The summed E-state index contributed by atoms with van der Waals surface area (Å²) in [5.41, 5.74) is -4.37. The van der Waals surface area contributed by atoms with E-state index in [9.17, 15) is 32.3 Å². The minimum absolute atomic E-state index is 0.0331. The Labute approximate surface area is 218 Å². The number of nitrogens with zero attached hydrogens (tertiary/aromatic N) is 2. The number of carboxylic acid groups (broad SMARTS) is 1. The molecule has 0 radical (unpaired) electrons. The van der Waals surface area contributed by atoms with E-state index in [2.05, 4.69) is 0 Å². The molecule has 2 atom stereocenters. The van der Waals surface area contributed by atoms with Gasteiger partial charge in [0.15, 0.2) is 5.60 Å². The van der Waals surface area contributed by atoms with Crippen LogP contribution in [-0.4, -0.2) is 31.5 Å². The molecule has 3 aromatic carbocycles. The molecule has 7 nitrogen and oxygen atoms in total. The van der Waals surface area contributed by atoms with Gasteiger partial charge in [-0.1, -0.05) is 30.7 Å². The average Bonchev–Trinajstić information content (AvgIpc) is 3.07. The van der Waals surface area contributed by atoms with Crippen LogP contribution in [0.3, 0.4) is 0 Å². The third kappa shape index (κ3) is 4.41. The molecule has 1 aromatic heterocycles. The Balaban J connectivity index is 1.74. The third-order valence-corrected chi connectivity index (χ3v) is 6.94. The van der Waals surface area contributed by atoms with Crippen molar-refractivity contribution in [1.29, 1.82) is 0 Å². The van der Waals surface area contributed by atoms with Gasteiger partial charge in [-0.25, -0.2) is 14.0 Å². The summed E-state index contributed by atoms with van der Waals surface area (Å²) in [4.78, 5) is 23.4. The Morgan fingerprint density at radius 1 is 0.974 bits per heavy atom. The molecule has 2 N–H and O–H groups in total. The van der Waals surface area contributed by atoms with E-state index >= 15 is 0 Å². The van der Waals surface area contributed by atoms with E-state index in [0.29, 0.717) is 5.52 Å². The molecule has 38 heavy (non-hydrogen) atoms. The number of aromatic nitrogens is 2. The summed E-state index contributed by atoms with van der Waals surface area (Å²) in [5, 5.41) is 20.1. The number of ether oxygens (including phenoxy) is 1. The lowest BCUT2D eigenvalue weighted by Crippen LogP contribution is -2.46. The summed E-state index contributed by atoms with van der Waals surface area (Å²) in [7, 11) is 2.90. The molecule has 0 bridgehead atoms. The van der Waals surface area contributed by atoms with Gasteiger partial charge in [0, 0.05) is 25.0 Å². The van der Waals surface area contributed by atoms with E-state index in [0.717, 1.165) is 24.3 Å². The fourth-order valence-corrected chi connectivity index (χ4v) is 4.75. The Morgan fingerprint density at radius 3 is 2.18 bits per heavy atom. The van der Waals surface area contributed by atoms with Crippen LogP contribution in [0.25, 0.3) is 11.0 Å². The number of fused-ring (bicyclic) bond motifs is 1. The van der Waals surface area contributed by atoms with Gasteiger partial charge in [0.1, 0.15) is 17.3 Å². The first-order chi connectivity index (χ1) is 17.7. The van der Waals surface area contributed by atoms with Crippen molar-refractivity contribution < 1.29 is 37.3 Å². The van der Waals surface area contributed by atoms with Gasteiger partial charge in [0.2, 0.25) is 0 Å². The summed E-state index contributed by atoms with van der Waals surface area (Å²) in [6.07, 6.45) is -5.13.